The molecule has 4 N–H and O–H groups in total. The number of hydrogen-bond acceptors (Lipinski definition) is 3. The molecule has 6 nitrogen and oxygen atoms in total. The minimum absolute atomic E-state index is 0.0305. The summed E-state index contributed by atoms with van der Waals surface area (Å²) in [6.07, 6.45) is 0.853. The fourth-order valence-electron chi connectivity index (χ4n) is 3.97. The minimum atomic E-state index is -4.65. The Bertz CT molecular complexity index is 972. The van der Waals surface area contributed by atoms with Crippen LogP contribution < -0.4 is 16.4 Å². The molecule has 3 rings (SSSR count). The van der Waals surface area contributed by atoms with Gasteiger partial charge in [-0.25, -0.2) is 4.79 Å². The lowest BCUT2D eigenvalue weighted by Gasteiger charge is -2.26. The molecule has 0 saturated carbocycles. The molecular weight excluding hydrogens is 433 g/mol. The van der Waals surface area contributed by atoms with Crippen LogP contribution in [0.1, 0.15) is 48.0 Å². The first-order valence-corrected chi connectivity index (χ1v) is 11.1. The summed E-state index contributed by atoms with van der Waals surface area (Å²) in [6.45, 7) is 3.69. The van der Waals surface area contributed by atoms with Gasteiger partial charge in [0.1, 0.15) is 0 Å². The van der Waals surface area contributed by atoms with Crippen LogP contribution in [-0.4, -0.2) is 43.0 Å². The van der Waals surface area contributed by atoms with Crippen LogP contribution in [-0.2, 0) is 6.18 Å². The van der Waals surface area contributed by atoms with E-state index in [2.05, 4.69) is 15.5 Å². The third-order valence-electron chi connectivity index (χ3n) is 5.68. The van der Waals surface area contributed by atoms with Crippen molar-refractivity contribution in [3.8, 4) is 11.1 Å². The van der Waals surface area contributed by atoms with Crippen LogP contribution in [0.2, 0.25) is 0 Å². The lowest BCUT2D eigenvalue weighted by atomic mass is 9.97. The van der Waals surface area contributed by atoms with Gasteiger partial charge in [0.05, 0.1) is 5.56 Å². The second-order valence-electron chi connectivity index (χ2n) is 8.19. The number of likely N-dealkylation sites (tertiary alicyclic amines) is 1. The summed E-state index contributed by atoms with van der Waals surface area (Å²) in [5.74, 6) is -0.726. The average molecular weight is 463 g/mol. The predicted molar refractivity (Wildman–Crippen MR) is 122 cm³/mol. The van der Waals surface area contributed by atoms with Crippen molar-refractivity contribution in [1.82, 2.24) is 10.2 Å². The smallest absolute Gasteiger partial charge is 0.366 e. The van der Waals surface area contributed by atoms with Gasteiger partial charge < -0.3 is 21.3 Å². The molecule has 0 aliphatic carbocycles. The Morgan fingerprint density at radius 1 is 1.00 bits per heavy atom. The first-order valence-electron chi connectivity index (χ1n) is 11.1. The molecule has 2 aromatic rings. The number of nitrogens with one attached hydrogen (secondary N) is 2. The summed E-state index contributed by atoms with van der Waals surface area (Å²) < 4.78 is 41.2. The summed E-state index contributed by atoms with van der Waals surface area (Å²) in [7, 11) is 0. The van der Waals surface area contributed by atoms with Gasteiger partial charge in [-0.3, -0.25) is 4.79 Å². The Morgan fingerprint density at radius 2 is 1.76 bits per heavy atom. The van der Waals surface area contributed by atoms with Crippen molar-refractivity contribution in [2.45, 2.75) is 38.3 Å². The van der Waals surface area contributed by atoms with Crippen molar-refractivity contribution in [3.63, 3.8) is 0 Å². The lowest BCUT2D eigenvalue weighted by molar-refractivity contribution is -0.137. The normalized spacial score (nSPS) is 14.6. The molecule has 0 spiro atoms. The average Bonchev–Trinajstić information content (AvgIpc) is 2.79. The molecule has 178 valence electrons. The third-order valence-corrected chi connectivity index (χ3v) is 5.68. The van der Waals surface area contributed by atoms with E-state index in [9.17, 15) is 22.8 Å². The van der Waals surface area contributed by atoms with Gasteiger partial charge in [-0.15, -0.1) is 0 Å². The maximum absolute atomic E-state index is 13.7. The fourth-order valence-corrected chi connectivity index (χ4v) is 3.97. The number of rotatable bonds is 8. The van der Waals surface area contributed by atoms with Crippen molar-refractivity contribution in [1.29, 1.82) is 0 Å². The maximum Gasteiger partial charge on any atom is 0.417 e. The van der Waals surface area contributed by atoms with Crippen LogP contribution in [0.25, 0.3) is 11.1 Å². The topological polar surface area (TPSA) is 87.5 Å². The van der Waals surface area contributed by atoms with Gasteiger partial charge >= 0.3 is 12.2 Å². The third kappa shape index (κ3) is 7.21. The molecule has 2 aromatic carbocycles. The van der Waals surface area contributed by atoms with Crippen molar-refractivity contribution < 1.29 is 22.8 Å². The highest BCUT2D eigenvalue weighted by molar-refractivity contribution is 5.94. The van der Waals surface area contributed by atoms with Crippen molar-refractivity contribution >= 4 is 17.6 Å². The van der Waals surface area contributed by atoms with Crippen LogP contribution >= 0.6 is 0 Å². The molecule has 33 heavy (non-hydrogen) atoms. The van der Waals surface area contributed by atoms with Crippen molar-refractivity contribution in [3.05, 3.63) is 53.6 Å². The molecule has 9 heteroatoms. The number of carbonyl (C=O) groups excluding carboxylic acids is 2. The number of primary amides is 1. The maximum atomic E-state index is 13.7. The molecule has 1 saturated heterocycles. The fraction of sp³-hybridized carbons (Fsp3) is 0.417. The highest BCUT2D eigenvalue weighted by atomic mass is 19.4. The summed E-state index contributed by atoms with van der Waals surface area (Å²) >= 11 is 0. The number of nitrogens with zero attached hydrogens (tertiary/aromatic N) is 1. The highest BCUT2D eigenvalue weighted by Gasteiger charge is 2.34. The molecule has 0 aromatic heterocycles. The molecule has 0 unspecified atom stereocenters. The predicted octanol–water partition coefficient (Wildman–Crippen LogP) is 4.86. The molecule has 1 fully saturated rings. The van der Waals surface area contributed by atoms with E-state index in [0.29, 0.717) is 6.54 Å². The summed E-state index contributed by atoms with van der Waals surface area (Å²) in [4.78, 5) is 26.0. The number of carbonyl (C=O) groups is 2. The molecule has 3 amide bonds. The number of piperidine rings is 1. The molecule has 1 aliphatic heterocycles. The number of unbranched alkanes of at least 4 members (excludes halogenated alkanes) is 1. The van der Waals surface area contributed by atoms with E-state index < -0.39 is 23.7 Å². The van der Waals surface area contributed by atoms with E-state index in [1.165, 1.54) is 55.7 Å². The van der Waals surface area contributed by atoms with Gasteiger partial charge in [0.2, 0.25) is 5.91 Å². The van der Waals surface area contributed by atoms with Crippen LogP contribution in [0, 0.1) is 0 Å². The quantitative estimate of drug-likeness (QED) is 0.490. The molecule has 0 radical (unpaired) electrons. The van der Waals surface area contributed by atoms with E-state index in [1.54, 1.807) is 0 Å². The first-order chi connectivity index (χ1) is 15.7. The number of halogens is 3. The number of urea groups is 1. The van der Waals surface area contributed by atoms with Gasteiger partial charge in [0.15, 0.2) is 0 Å². The zero-order chi connectivity index (χ0) is 23.8. The van der Waals surface area contributed by atoms with Gasteiger partial charge in [-0.05, 0) is 80.7 Å². The van der Waals surface area contributed by atoms with Crippen LogP contribution in [0.4, 0.5) is 23.7 Å². The number of anilines is 1. The van der Waals surface area contributed by atoms with E-state index in [1.807, 2.05) is 0 Å². The molecular formula is C24H29F3N4O2. The molecule has 1 heterocycles. The SMILES string of the molecule is NC(=O)c1cccc(-c2ccc(NC(=O)NCCCCN3CCCCC3)cc2C(F)(F)F)c1. The zero-order valence-corrected chi connectivity index (χ0v) is 18.4. The van der Waals surface area contributed by atoms with Crippen LogP contribution in [0.15, 0.2) is 42.5 Å². The number of amides is 3. The zero-order valence-electron chi connectivity index (χ0n) is 18.4. The number of hydrogen-bond donors (Lipinski definition) is 3. The Morgan fingerprint density at radius 3 is 2.45 bits per heavy atom. The van der Waals surface area contributed by atoms with E-state index in [4.69, 9.17) is 5.73 Å². The minimum Gasteiger partial charge on any atom is -0.366 e. The van der Waals surface area contributed by atoms with Gasteiger partial charge in [-0.1, -0.05) is 24.6 Å². The highest BCUT2D eigenvalue weighted by Crippen LogP contribution is 2.38. The van der Waals surface area contributed by atoms with Crippen LogP contribution in [0.5, 0.6) is 0 Å². The van der Waals surface area contributed by atoms with E-state index >= 15 is 0 Å². The monoisotopic (exact) mass is 462 g/mol. The summed E-state index contributed by atoms with van der Waals surface area (Å²) in [5, 5.41) is 5.16. The standard InChI is InChI=1S/C24H29F3N4O2/c25-24(26,27)21-16-19(9-10-20(21)17-7-6-8-18(15-17)22(28)32)30-23(33)29-11-2-5-14-31-12-3-1-4-13-31/h6-10,15-16H,1-5,11-14H2,(H2,28,32)(H2,29,30,33). The number of alkyl halides is 3. The van der Waals surface area contributed by atoms with E-state index in [0.717, 1.165) is 38.5 Å². The second kappa shape index (κ2) is 11.2. The first kappa shape index (κ1) is 24.6. The number of nitrogens with two attached hydrogens (primary N) is 1. The van der Waals surface area contributed by atoms with Gasteiger partial charge in [-0.2, -0.15) is 13.2 Å². The lowest BCUT2D eigenvalue weighted by Crippen LogP contribution is -2.32. The molecule has 0 atom stereocenters. The Kier molecular flexibility index (Phi) is 8.32. The second-order valence-corrected chi connectivity index (χ2v) is 8.19. The van der Waals surface area contributed by atoms with Gasteiger partial charge in [0.25, 0.3) is 0 Å². The number of benzene rings is 2. The summed E-state index contributed by atoms with van der Waals surface area (Å²) in [6, 6.07) is 8.71. The summed E-state index contributed by atoms with van der Waals surface area (Å²) in [5.41, 5.74) is 4.58. The molecule has 1 aliphatic rings. The Hall–Kier alpha value is -3.07. The van der Waals surface area contributed by atoms with Crippen molar-refractivity contribution in [2.24, 2.45) is 5.73 Å². The van der Waals surface area contributed by atoms with Crippen molar-refractivity contribution in [2.75, 3.05) is 31.5 Å². The van der Waals surface area contributed by atoms with Crippen LogP contribution in [0.3, 0.4) is 0 Å². The Labute approximate surface area is 191 Å². The van der Waals surface area contributed by atoms with E-state index in [-0.39, 0.29) is 22.4 Å². The molecule has 0 bridgehead atoms. The Balaban J connectivity index is 1.60. The largest absolute Gasteiger partial charge is 0.417 e. The van der Waals surface area contributed by atoms with Gasteiger partial charge in [0, 0.05) is 17.8 Å².